The van der Waals surface area contributed by atoms with E-state index in [9.17, 15) is 4.79 Å². The highest BCUT2D eigenvalue weighted by atomic mass is 35.5. The lowest BCUT2D eigenvalue weighted by Gasteiger charge is -2.31. The van der Waals surface area contributed by atoms with Gasteiger partial charge in [-0.25, -0.2) is 0 Å². The van der Waals surface area contributed by atoms with E-state index in [0.29, 0.717) is 24.9 Å². The average Bonchev–Trinajstić information content (AvgIpc) is 2.78. The maximum absolute atomic E-state index is 12.0. The number of nitrogens with one attached hydrogen (secondary N) is 1. The molecule has 4 nitrogen and oxygen atoms in total. The average molecular weight is 263 g/mol. The van der Waals surface area contributed by atoms with Gasteiger partial charge in [-0.1, -0.05) is 0 Å². The zero-order valence-corrected chi connectivity index (χ0v) is 11.3. The van der Waals surface area contributed by atoms with E-state index < -0.39 is 0 Å². The van der Waals surface area contributed by atoms with Gasteiger partial charge in [-0.3, -0.25) is 4.79 Å². The van der Waals surface area contributed by atoms with Crippen LogP contribution in [-0.4, -0.2) is 49.7 Å². The van der Waals surface area contributed by atoms with Crippen molar-refractivity contribution in [3.63, 3.8) is 0 Å². The lowest BCUT2D eigenvalue weighted by molar-refractivity contribution is -0.138. The lowest BCUT2D eigenvalue weighted by Crippen LogP contribution is -2.44. The van der Waals surface area contributed by atoms with E-state index in [1.807, 2.05) is 11.8 Å². The fraction of sp³-hybridized carbons (Fsp3) is 0.917. The largest absolute Gasteiger partial charge is 0.375 e. The number of nitrogens with zero attached hydrogens (tertiary/aromatic N) is 1. The second-order valence-electron chi connectivity index (χ2n) is 4.92. The van der Waals surface area contributed by atoms with Crippen LogP contribution in [0.5, 0.6) is 0 Å². The number of morpholine rings is 1. The summed E-state index contributed by atoms with van der Waals surface area (Å²) in [6.07, 6.45) is 3.18. The SMILES string of the molecule is CC1CN(C(=O)CCC2CCNC2)CCO1.Cl. The van der Waals surface area contributed by atoms with Gasteiger partial charge in [0, 0.05) is 19.5 Å². The van der Waals surface area contributed by atoms with Gasteiger partial charge in [0.2, 0.25) is 5.91 Å². The molecule has 2 fully saturated rings. The van der Waals surface area contributed by atoms with Gasteiger partial charge in [0.05, 0.1) is 12.7 Å². The van der Waals surface area contributed by atoms with Gasteiger partial charge in [0.1, 0.15) is 0 Å². The van der Waals surface area contributed by atoms with Crippen molar-refractivity contribution in [2.45, 2.75) is 32.3 Å². The highest BCUT2D eigenvalue weighted by molar-refractivity contribution is 5.85. The highest BCUT2D eigenvalue weighted by Gasteiger charge is 2.22. The summed E-state index contributed by atoms with van der Waals surface area (Å²) in [5.41, 5.74) is 0. The van der Waals surface area contributed by atoms with Crippen LogP contribution in [0.3, 0.4) is 0 Å². The van der Waals surface area contributed by atoms with E-state index in [1.165, 1.54) is 6.42 Å². The molecule has 2 saturated heterocycles. The maximum Gasteiger partial charge on any atom is 0.222 e. The highest BCUT2D eigenvalue weighted by Crippen LogP contribution is 2.16. The first kappa shape index (κ1) is 14.7. The van der Waals surface area contributed by atoms with E-state index in [0.717, 1.165) is 32.6 Å². The lowest BCUT2D eigenvalue weighted by atomic mass is 10.0. The van der Waals surface area contributed by atoms with Gasteiger partial charge in [-0.15, -0.1) is 12.4 Å². The Kier molecular flexibility index (Phi) is 6.23. The molecule has 17 heavy (non-hydrogen) atoms. The second kappa shape index (κ2) is 7.19. The van der Waals surface area contributed by atoms with Crippen LogP contribution in [0.2, 0.25) is 0 Å². The molecule has 2 unspecified atom stereocenters. The standard InChI is InChI=1S/C12H22N2O2.ClH/c1-10-9-14(6-7-16-10)12(15)3-2-11-4-5-13-8-11;/h10-11,13H,2-9H2,1H3;1H. The Morgan fingerprint density at radius 1 is 1.53 bits per heavy atom. The molecule has 2 atom stereocenters. The van der Waals surface area contributed by atoms with E-state index >= 15 is 0 Å². The van der Waals surface area contributed by atoms with Gasteiger partial charge in [-0.05, 0) is 38.8 Å². The Morgan fingerprint density at radius 2 is 2.35 bits per heavy atom. The second-order valence-corrected chi connectivity index (χ2v) is 4.92. The van der Waals surface area contributed by atoms with Gasteiger partial charge in [0.15, 0.2) is 0 Å². The number of carbonyl (C=O) groups is 1. The van der Waals surface area contributed by atoms with Gasteiger partial charge in [0.25, 0.3) is 0 Å². The molecule has 2 aliphatic rings. The molecule has 1 amide bonds. The van der Waals surface area contributed by atoms with Crippen LogP contribution in [0, 0.1) is 5.92 Å². The molecule has 0 aromatic heterocycles. The van der Waals surface area contributed by atoms with Crippen LogP contribution in [0.4, 0.5) is 0 Å². The van der Waals surface area contributed by atoms with Crippen molar-refractivity contribution in [3.05, 3.63) is 0 Å². The number of hydrogen-bond donors (Lipinski definition) is 1. The van der Waals surface area contributed by atoms with Crippen molar-refractivity contribution >= 4 is 18.3 Å². The van der Waals surface area contributed by atoms with Crippen LogP contribution in [0.25, 0.3) is 0 Å². The summed E-state index contributed by atoms with van der Waals surface area (Å²) in [7, 11) is 0. The molecule has 5 heteroatoms. The summed E-state index contributed by atoms with van der Waals surface area (Å²) in [4.78, 5) is 13.9. The van der Waals surface area contributed by atoms with Gasteiger partial charge >= 0.3 is 0 Å². The van der Waals surface area contributed by atoms with E-state index in [1.54, 1.807) is 0 Å². The van der Waals surface area contributed by atoms with Crippen LogP contribution in [0.1, 0.15) is 26.2 Å². The van der Waals surface area contributed by atoms with Crippen LogP contribution < -0.4 is 5.32 Å². The third-order valence-electron chi connectivity index (χ3n) is 3.52. The van der Waals surface area contributed by atoms with Crippen LogP contribution >= 0.6 is 12.4 Å². The van der Waals surface area contributed by atoms with Gasteiger partial charge in [-0.2, -0.15) is 0 Å². The quantitative estimate of drug-likeness (QED) is 0.827. The van der Waals surface area contributed by atoms with Crippen molar-refractivity contribution < 1.29 is 9.53 Å². The summed E-state index contributed by atoms with van der Waals surface area (Å²) in [6, 6.07) is 0. The Balaban J connectivity index is 0.00000144. The number of amides is 1. The fourth-order valence-electron chi connectivity index (χ4n) is 2.49. The van der Waals surface area contributed by atoms with Crippen molar-refractivity contribution in [1.29, 1.82) is 0 Å². The fourth-order valence-corrected chi connectivity index (χ4v) is 2.49. The Morgan fingerprint density at radius 3 is 3.00 bits per heavy atom. The molecular formula is C12H23ClN2O2. The maximum atomic E-state index is 12.0. The Hall–Kier alpha value is -0.320. The third-order valence-corrected chi connectivity index (χ3v) is 3.52. The first-order valence-corrected chi connectivity index (χ1v) is 6.36. The molecule has 0 aromatic carbocycles. The van der Waals surface area contributed by atoms with E-state index in [-0.39, 0.29) is 18.5 Å². The first-order chi connectivity index (χ1) is 7.75. The van der Waals surface area contributed by atoms with Crippen LogP contribution in [-0.2, 0) is 9.53 Å². The minimum atomic E-state index is 0. The number of rotatable bonds is 3. The molecule has 0 saturated carbocycles. The molecule has 0 bridgehead atoms. The number of halogens is 1. The molecule has 1 N–H and O–H groups in total. The zero-order chi connectivity index (χ0) is 11.4. The summed E-state index contributed by atoms with van der Waals surface area (Å²) >= 11 is 0. The summed E-state index contributed by atoms with van der Waals surface area (Å²) in [6.45, 7) is 6.46. The Labute approximate surface area is 109 Å². The smallest absolute Gasteiger partial charge is 0.222 e. The normalized spacial score (nSPS) is 28.9. The van der Waals surface area contributed by atoms with Crippen molar-refractivity contribution in [2.24, 2.45) is 5.92 Å². The molecule has 0 aromatic rings. The summed E-state index contributed by atoms with van der Waals surface area (Å²) in [5, 5.41) is 3.34. The molecule has 2 heterocycles. The Bertz CT molecular complexity index is 245. The zero-order valence-electron chi connectivity index (χ0n) is 10.5. The molecule has 2 aliphatic heterocycles. The summed E-state index contributed by atoms with van der Waals surface area (Å²) < 4.78 is 5.43. The number of ether oxygens (including phenoxy) is 1. The van der Waals surface area contributed by atoms with E-state index in [2.05, 4.69) is 5.32 Å². The molecule has 100 valence electrons. The molecule has 0 aliphatic carbocycles. The number of carbonyl (C=O) groups excluding carboxylic acids is 1. The van der Waals surface area contributed by atoms with E-state index in [4.69, 9.17) is 4.74 Å². The minimum Gasteiger partial charge on any atom is -0.375 e. The van der Waals surface area contributed by atoms with Crippen molar-refractivity contribution in [3.8, 4) is 0 Å². The monoisotopic (exact) mass is 262 g/mol. The van der Waals surface area contributed by atoms with Crippen molar-refractivity contribution in [2.75, 3.05) is 32.8 Å². The predicted octanol–water partition coefficient (Wildman–Crippen LogP) is 1.05. The first-order valence-electron chi connectivity index (χ1n) is 6.36. The molecule has 2 rings (SSSR count). The molecule has 0 radical (unpaired) electrons. The minimum absolute atomic E-state index is 0. The number of hydrogen-bond acceptors (Lipinski definition) is 3. The topological polar surface area (TPSA) is 41.6 Å². The van der Waals surface area contributed by atoms with Crippen LogP contribution in [0.15, 0.2) is 0 Å². The molecular weight excluding hydrogens is 240 g/mol. The van der Waals surface area contributed by atoms with Crippen molar-refractivity contribution in [1.82, 2.24) is 10.2 Å². The molecule has 0 spiro atoms. The van der Waals surface area contributed by atoms with Gasteiger partial charge < -0.3 is 15.0 Å². The predicted molar refractivity (Wildman–Crippen MR) is 69.5 cm³/mol. The third kappa shape index (κ3) is 4.45. The summed E-state index contributed by atoms with van der Waals surface area (Å²) in [5.74, 6) is 1.02.